The van der Waals surface area contributed by atoms with E-state index in [9.17, 15) is 14.4 Å². The van der Waals surface area contributed by atoms with Gasteiger partial charge in [-0.05, 0) is 68.7 Å². The van der Waals surface area contributed by atoms with Gasteiger partial charge in [0.05, 0.1) is 23.0 Å². The van der Waals surface area contributed by atoms with Gasteiger partial charge in [-0.2, -0.15) is 0 Å². The van der Waals surface area contributed by atoms with Crippen molar-refractivity contribution in [3.63, 3.8) is 0 Å². The summed E-state index contributed by atoms with van der Waals surface area (Å²) >= 11 is 0. The molecule has 3 N–H and O–H groups in total. The second-order valence-electron chi connectivity index (χ2n) is 12.9. The van der Waals surface area contributed by atoms with Gasteiger partial charge in [-0.15, -0.1) is 0 Å². The zero-order valence-corrected chi connectivity index (χ0v) is 26.3. The van der Waals surface area contributed by atoms with Crippen LogP contribution < -0.4 is 16.0 Å². The summed E-state index contributed by atoms with van der Waals surface area (Å²) in [6, 6.07) is 14.9. The van der Waals surface area contributed by atoms with Crippen LogP contribution in [0, 0.1) is 18.3 Å². The summed E-state index contributed by atoms with van der Waals surface area (Å²) in [4.78, 5) is 47.5. The molecule has 3 atom stereocenters. The molecule has 0 radical (unpaired) electrons. The molecular formula is C35H44N6O4. The zero-order valence-electron chi connectivity index (χ0n) is 26.3. The third-order valence-electron chi connectivity index (χ3n) is 9.85. The number of likely N-dealkylation sites (tertiary alicyclic amines) is 1. The van der Waals surface area contributed by atoms with Crippen LogP contribution in [-0.2, 0) is 32.6 Å². The molecule has 10 heteroatoms. The number of benzene rings is 2. The Morgan fingerprint density at radius 1 is 1.09 bits per heavy atom. The van der Waals surface area contributed by atoms with E-state index < -0.39 is 11.5 Å². The van der Waals surface area contributed by atoms with Crippen molar-refractivity contribution in [1.82, 2.24) is 25.1 Å². The van der Waals surface area contributed by atoms with Crippen LogP contribution in [0.15, 0.2) is 60.7 Å². The maximum absolute atomic E-state index is 13.8. The average molecular weight is 613 g/mol. The van der Waals surface area contributed by atoms with E-state index in [1.807, 2.05) is 67.1 Å². The van der Waals surface area contributed by atoms with Crippen molar-refractivity contribution in [1.29, 1.82) is 0 Å². The summed E-state index contributed by atoms with van der Waals surface area (Å²) in [6.45, 7) is 4.69. The number of aromatic nitrogens is 2. The van der Waals surface area contributed by atoms with Crippen molar-refractivity contribution in [2.75, 3.05) is 38.2 Å². The number of nitrogens with one attached hydrogen (secondary N) is 3. The standard InChI is InChI=1S/C35H44N6O4/c1-24-36-29-21-27(11-12-31(29)40(24)2)37-32(42)23-41-17-13-28-26(22-41)10-6-7-14-35(15-18-45-19-16-35)34(44)39-30(33(43)38-28)20-25-8-4-3-5-9-25/h3-9,11-12,21,26,28,30H,10,13-20,22-23H2,1-2H3,(H,37,42)(H,38,43)(H,39,44)/b7-6+/t26-,28+,30-/m1/s1. The van der Waals surface area contributed by atoms with E-state index >= 15 is 0 Å². The van der Waals surface area contributed by atoms with E-state index in [1.165, 1.54) is 0 Å². The molecule has 3 amide bonds. The van der Waals surface area contributed by atoms with Crippen molar-refractivity contribution >= 4 is 34.4 Å². The van der Waals surface area contributed by atoms with E-state index in [0.29, 0.717) is 52.0 Å². The minimum Gasteiger partial charge on any atom is -0.381 e. The van der Waals surface area contributed by atoms with Gasteiger partial charge in [0.2, 0.25) is 17.7 Å². The molecule has 2 aromatic carbocycles. The molecule has 2 fully saturated rings. The van der Waals surface area contributed by atoms with Crippen LogP contribution in [0.4, 0.5) is 5.69 Å². The summed E-state index contributed by atoms with van der Waals surface area (Å²) in [7, 11) is 1.98. The molecule has 0 unspecified atom stereocenters. The number of fused-ring (bicyclic) bond motifs is 2. The molecule has 3 aliphatic heterocycles. The smallest absolute Gasteiger partial charge is 0.243 e. The number of amides is 3. The molecule has 4 heterocycles. The number of allylic oxidation sites excluding steroid dienone is 2. The molecule has 2 saturated heterocycles. The maximum atomic E-state index is 13.8. The van der Waals surface area contributed by atoms with Gasteiger partial charge >= 0.3 is 0 Å². The number of piperidine rings is 1. The Morgan fingerprint density at radius 3 is 2.69 bits per heavy atom. The highest BCUT2D eigenvalue weighted by Gasteiger charge is 2.41. The van der Waals surface area contributed by atoms with Gasteiger partial charge in [-0.1, -0.05) is 42.5 Å². The lowest BCUT2D eigenvalue weighted by atomic mass is 9.75. The molecule has 45 heavy (non-hydrogen) atoms. The largest absolute Gasteiger partial charge is 0.381 e. The molecule has 6 rings (SSSR count). The fourth-order valence-electron chi connectivity index (χ4n) is 7.00. The van der Waals surface area contributed by atoms with E-state index in [0.717, 1.165) is 41.0 Å². The first-order chi connectivity index (χ1) is 21.8. The van der Waals surface area contributed by atoms with E-state index in [2.05, 4.69) is 38.0 Å². The Balaban J connectivity index is 1.16. The van der Waals surface area contributed by atoms with Gasteiger partial charge in [0.1, 0.15) is 11.9 Å². The van der Waals surface area contributed by atoms with Gasteiger partial charge in [-0.3, -0.25) is 19.3 Å². The fourth-order valence-corrected chi connectivity index (χ4v) is 7.00. The van der Waals surface area contributed by atoms with Crippen molar-refractivity contribution in [2.45, 2.75) is 57.5 Å². The van der Waals surface area contributed by atoms with Gasteiger partial charge < -0.3 is 25.3 Å². The third kappa shape index (κ3) is 7.12. The molecule has 1 aromatic heterocycles. The Hall–Kier alpha value is -4.02. The van der Waals surface area contributed by atoms with Crippen LogP contribution in [0.5, 0.6) is 0 Å². The second kappa shape index (κ2) is 13.5. The molecule has 238 valence electrons. The average Bonchev–Trinajstić information content (AvgIpc) is 3.32. The number of anilines is 1. The number of nitrogens with zero attached hydrogens (tertiary/aromatic N) is 3. The highest BCUT2D eigenvalue weighted by atomic mass is 16.5. The number of carbonyl (C=O) groups is 3. The Morgan fingerprint density at radius 2 is 1.89 bits per heavy atom. The fraction of sp³-hybridized carbons (Fsp3) is 0.486. The molecule has 3 aromatic rings. The lowest BCUT2D eigenvalue weighted by Crippen LogP contribution is -2.58. The second-order valence-corrected chi connectivity index (χ2v) is 12.9. The molecular weight excluding hydrogens is 568 g/mol. The van der Waals surface area contributed by atoms with Gasteiger partial charge in [0.15, 0.2) is 0 Å². The first-order valence-electron chi connectivity index (χ1n) is 16.1. The summed E-state index contributed by atoms with van der Waals surface area (Å²) in [5.41, 5.74) is 3.03. The van der Waals surface area contributed by atoms with Gasteiger partial charge in [0, 0.05) is 51.5 Å². The van der Waals surface area contributed by atoms with Gasteiger partial charge in [0.25, 0.3) is 0 Å². The lowest BCUT2D eigenvalue weighted by Gasteiger charge is -2.40. The van der Waals surface area contributed by atoms with Gasteiger partial charge in [-0.25, -0.2) is 4.98 Å². The van der Waals surface area contributed by atoms with Crippen LogP contribution >= 0.6 is 0 Å². The highest BCUT2D eigenvalue weighted by Crippen LogP contribution is 2.36. The number of hydrogen-bond donors (Lipinski definition) is 3. The summed E-state index contributed by atoms with van der Waals surface area (Å²) in [5, 5.41) is 9.51. The minimum absolute atomic E-state index is 0.0529. The van der Waals surface area contributed by atoms with E-state index in [-0.39, 0.29) is 36.2 Å². The zero-order chi connectivity index (χ0) is 31.4. The van der Waals surface area contributed by atoms with Crippen molar-refractivity contribution in [2.24, 2.45) is 18.4 Å². The third-order valence-corrected chi connectivity index (χ3v) is 9.85. The monoisotopic (exact) mass is 612 g/mol. The normalized spacial score (nSPS) is 25.0. The summed E-state index contributed by atoms with van der Waals surface area (Å²) in [6.07, 6.45) is 8.08. The van der Waals surface area contributed by atoms with Crippen LogP contribution in [0.1, 0.15) is 43.5 Å². The molecule has 0 bridgehead atoms. The van der Waals surface area contributed by atoms with Crippen molar-refractivity contribution < 1.29 is 19.1 Å². The molecule has 0 saturated carbocycles. The van der Waals surface area contributed by atoms with E-state index in [4.69, 9.17) is 4.74 Å². The Kier molecular flexibility index (Phi) is 9.32. The lowest BCUT2D eigenvalue weighted by molar-refractivity contribution is -0.140. The van der Waals surface area contributed by atoms with E-state index in [1.54, 1.807) is 0 Å². The first kappa shape index (κ1) is 31.0. The van der Waals surface area contributed by atoms with Crippen molar-refractivity contribution in [3.8, 4) is 0 Å². The van der Waals surface area contributed by atoms with Crippen LogP contribution in [-0.4, -0.2) is 77.1 Å². The Labute approximate surface area is 264 Å². The van der Waals surface area contributed by atoms with Crippen LogP contribution in [0.25, 0.3) is 11.0 Å². The quantitative estimate of drug-likeness (QED) is 0.380. The number of hydrogen-bond acceptors (Lipinski definition) is 6. The predicted molar refractivity (Wildman–Crippen MR) is 173 cm³/mol. The SMILES string of the molecule is Cc1nc2cc(NC(=O)CN3CC[C@@H]4NC(=O)[C@@H](Cc5ccccc5)NC(=O)C5(C/C=C/C[C@@H]4C3)CCOCC5)ccc2n1C. The maximum Gasteiger partial charge on any atom is 0.243 e. The Bertz CT molecular complexity index is 1560. The number of ether oxygens (including phenoxy) is 1. The summed E-state index contributed by atoms with van der Waals surface area (Å²) < 4.78 is 7.64. The predicted octanol–water partition coefficient (Wildman–Crippen LogP) is 3.50. The minimum atomic E-state index is -0.673. The molecule has 3 aliphatic rings. The molecule has 1 spiro atoms. The van der Waals surface area contributed by atoms with Crippen LogP contribution in [0.2, 0.25) is 0 Å². The summed E-state index contributed by atoms with van der Waals surface area (Å²) in [5.74, 6) is 0.770. The first-order valence-corrected chi connectivity index (χ1v) is 16.1. The molecule has 0 aliphatic carbocycles. The number of imidazole rings is 1. The highest BCUT2D eigenvalue weighted by molar-refractivity contribution is 5.94. The van der Waals surface area contributed by atoms with Crippen LogP contribution in [0.3, 0.4) is 0 Å². The number of carbonyl (C=O) groups excluding carboxylic acids is 3. The molecule has 10 nitrogen and oxygen atoms in total. The van der Waals surface area contributed by atoms with Crippen molar-refractivity contribution in [3.05, 3.63) is 72.1 Å². The number of rotatable bonds is 5. The topological polar surface area (TPSA) is 118 Å². The number of aryl methyl sites for hydroxylation is 2.